The van der Waals surface area contributed by atoms with E-state index in [0.29, 0.717) is 12.1 Å². The van der Waals surface area contributed by atoms with Gasteiger partial charge >= 0.3 is 0 Å². The number of carbonyl (C=O) groups is 1. The van der Waals surface area contributed by atoms with Gasteiger partial charge in [0.2, 0.25) is 0 Å². The van der Waals surface area contributed by atoms with Crippen LogP contribution in [0.5, 0.6) is 0 Å². The van der Waals surface area contributed by atoms with Crippen molar-refractivity contribution in [3.05, 3.63) is 70.0 Å². The van der Waals surface area contributed by atoms with Gasteiger partial charge in [-0.2, -0.15) is 0 Å². The number of hydrogen-bond acceptors (Lipinski definition) is 4. The van der Waals surface area contributed by atoms with Gasteiger partial charge in [-0.3, -0.25) is 19.9 Å². The van der Waals surface area contributed by atoms with Crippen LogP contribution in [0.25, 0.3) is 0 Å². The second-order valence-electron chi connectivity index (χ2n) is 5.60. The van der Waals surface area contributed by atoms with Gasteiger partial charge in [0.05, 0.1) is 11.0 Å². The lowest BCUT2D eigenvalue weighted by molar-refractivity contribution is -0.384. The van der Waals surface area contributed by atoms with E-state index >= 15 is 0 Å². The number of rotatable bonds is 3. The molecule has 0 bridgehead atoms. The summed E-state index contributed by atoms with van der Waals surface area (Å²) in [6.07, 6.45) is 6.46. The molecule has 1 saturated heterocycles. The van der Waals surface area contributed by atoms with Crippen LogP contribution in [0.3, 0.4) is 0 Å². The Morgan fingerprint density at radius 1 is 1.22 bits per heavy atom. The predicted molar refractivity (Wildman–Crippen MR) is 85.0 cm³/mol. The minimum Gasteiger partial charge on any atom is -0.332 e. The molecule has 1 aromatic carbocycles. The lowest BCUT2D eigenvalue weighted by Crippen LogP contribution is -2.38. The monoisotopic (exact) mass is 311 g/mol. The molecule has 2 aromatic rings. The summed E-state index contributed by atoms with van der Waals surface area (Å²) < 4.78 is 0. The Labute approximate surface area is 133 Å². The molecule has 0 spiro atoms. The van der Waals surface area contributed by atoms with Crippen LogP contribution in [0.1, 0.15) is 41.2 Å². The average Bonchev–Trinajstić information content (AvgIpc) is 2.62. The summed E-state index contributed by atoms with van der Waals surface area (Å²) in [5.41, 5.74) is 1.50. The number of benzene rings is 1. The largest absolute Gasteiger partial charge is 0.332 e. The van der Waals surface area contributed by atoms with E-state index < -0.39 is 4.92 Å². The number of non-ortho nitro benzene ring substituents is 1. The highest BCUT2D eigenvalue weighted by Gasteiger charge is 2.28. The summed E-state index contributed by atoms with van der Waals surface area (Å²) in [4.78, 5) is 29.1. The molecule has 1 amide bonds. The Bertz CT molecular complexity index is 701. The molecule has 6 heteroatoms. The molecule has 3 rings (SSSR count). The van der Waals surface area contributed by atoms with Crippen molar-refractivity contribution in [2.24, 2.45) is 0 Å². The normalized spacial score (nSPS) is 17.7. The zero-order chi connectivity index (χ0) is 16.2. The van der Waals surface area contributed by atoms with Crippen LogP contribution in [0.2, 0.25) is 0 Å². The molecule has 118 valence electrons. The van der Waals surface area contributed by atoms with Crippen LogP contribution in [0, 0.1) is 10.1 Å². The second-order valence-corrected chi connectivity index (χ2v) is 5.60. The van der Waals surface area contributed by atoms with E-state index in [9.17, 15) is 14.9 Å². The Morgan fingerprint density at radius 2 is 2.00 bits per heavy atom. The van der Waals surface area contributed by atoms with Gasteiger partial charge in [0.1, 0.15) is 0 Å². The quantitative estimate of drug-likeness (QED) is 0.643. The number of carbonyl (C=O) groups excluding carboxylic acids is 1. The molecule has 0 unspecified atom stereocenters. The van der Waals surface area contributed by atoms with Crippen LogP contribution < -0.4 is 0 Å². The van der Waals surface area contributed by atoms with Gasteiger partial charge in [-0.25, -0.2) is 0 Å². The minimum absolute atomic E-state index is 0.0102. The van der Waals surface area contributed by atoms with Crippen molar-refractivity contribution < 1.29 is 9.72 Å². The third-order valence-corrected chi connectivity index (χ3v) is 4.16. The number of pyridine rings is 1. The Morgan fingerprint density at radius 3 is 2.65 bits per heavy atom. The van der Waals surface area contributed by atoms with Crippen LogP contribution in [-0.4, -0.2) is 27.3 Å². The van der Waals surface area contributed by atoms with Gasteiger partial charge in [-0.15, -0.1) is 0 Å². The lowest BCUT2D eigenvalue weighted by Gasteiger charge is -2.36. The smallest absolute Gasteiger partial charge is 0.269 e. The first-order valence-corrected chi connectivity index (χ1v) is 7.62. The number of hydrogen-bond donors (Lipinski definition) is 0. The van der Waals surface area contributed by atoms with Crippen molar-refractivity contribution in [2.45, 2.75) is 25.3 Å². The standard InChI is InChI=1S/C17H17N3O3/c21-17(13-6-8-15(9-7-13)20(22)23)19-11-2-1-5-16(19)14-4-3-10-18-12-14/h3-4,6-10,12,16H,1-2,5,11H2/t16-/m0/s1. The maximum absolute atomic E-state index is 12.8. The zero-order valence-corrected chi connectivity index (χ0v) is 12.6. The summed E-state index contributed by atoms with van der Waals surface area (Å²) in [5.74, 6) is -0.0894. The van der Waals surface area contributed by atoms with E-state index in [1.807, 2.05) is 17.0 Å². The third kappa shape index (κ3) is 3.21. The molecule has 2 heterocycles. The topological polar surface area (TPSA) is 76.3 Å². The average molecular weight is 311 g/mol. The van der Waals surface area contributed by atoms with Crippen molar-refractivity contribution in [1.29, 1.82) is 0 Å². The molecule has 0 aliphatic carbocycles. The first kappa shape index (κ1) is 15.1. The molecule has 1 aliphatic rings. The summed E-state index contributed by atoms with van der Waals surface area (Å²) in [5, 5.41) is 10.7. The predicted octanol–water partition coefficient (Wildman–Crippen LogP) is 3.36. The first-order chi connectivity index (χ1) is 11.2. The number of nitro groups is 1. The molecule has 1 aliphatic heterocycles. The number of amides is 1. The van der Waals surface area contributed by atoms with E-state index in [0.717, 1.165) is 24.8 Å². The van der Waals surface area contributed by atoms with E-state index in [2.05, 4.69) is 4.98 Å². The summed E-state index contributed by atoms with van der Waals surface area (Å²) >= 11 is 0. The molecule has 6 nitrogen and oxygen atoms in total. The van der Waals surface area contributed by atoms with Crippen LogP contribution in [0.4, 0.5) is 5.69 Å². The van der Waals surface area contributed by atoms with Gasteiger partial charge in [0.25, 0.3) is 11.6 Å². The molecule has 0 radical (unpaired) electrons. The minimum atomic E-state index is -0.465. The summed E-state index contributed by atoms with van der Waals surface area (Å²) in [6.45, 7) is 0.690. The van der Waals surface area contributed by atoms with Crippen LogP contribution in [0.15, 0.2) is 48.8 Å². The molecule has 0 saturated carbocycles. The maximum atomic E-state index is 12.8. The van der Waals surface area contributed by atoms with Gasteiger partial charge in [0, 0.05) is 36.6 Å². The summed E-state index contributed by atoms with van der Waals surface area (Å²) in [7, 11) is 0. The summed E-state index contributed by atoms with van der Waals surface area (Å²) in [6, 6.07) is 9.66. The Kier molecular flexibility index (Phi) is 4.32. The van der Waals surface area contributed by atoms with Crippen LogP contribution in [-0.2, 0) is 0 Å². The SMILES string of the molecule is O=C(c1ccc([N+](=O)[O-])cc1)N1CCCC[C@H]1c1cccnc1. The van der Waals surface area contributed by atoms with Crippen molar-refractivity contribution in [1.82, 2.24) is 9.88 Å². The number of piperidine rings is 1. The van der Waals surface area contributed by atoms with Gasteiger partial charge in [-0.1, -0.05) is 6.07 Å². The van der Waals surface area contributed by atoms with Crippen molar-refractivity contribution >= 4 is 11.6 Å². The third-order valence-electron chi connectivity index (χ3n) is 4.16. The Balaban J connectivity index is 1.85. The fourth-order valence-electron chi connectivity index (χ4n) is 2.99. The molecule has 23 heavy (non-hydrogen) atoms. The van der Waals surface area contributed by atoms with E-state index in [4.69, 9.17) is 0 Å². The van der Waals surface area contributed by atoms with Gasteiger partial charge in [0.15, 0.2) is 0 Å². The lowest BCUT2D eigenvalue weighted by atomic mass is 9.95. The molecular weight excluding hydrogens is 294 g/mol. The molecule has 0 N–H and O–H groups in total. The van der Waals surface area contributed by atoms with Crippen LogP contribution >= 0.6 is 0 Å². The van der Waals surface area contributed by atoms with Crippen molar-refractivity contribution in [3.8, 4) is 0 Å². The number of aromatic nitrogens is 1. The molecular formula is C17H17N3O3. The highest BCUT2D eigenvalue weighted by molar-refractivity contribution is 5.94. The first-order valence-electron chi connectivity index (χ1n) is 7.62. The zero-order valence-electron chi connectivity index (χ0n) is 12.6. The molecule has 1 aromatic heterocycles. The highest BCUT2D eigenvalue weighted by Crippen LogP contribution is 2.31. The van der Waals surface area contributed by atoms with Crippen molar-refractivity contribution in [3.63, 3.8) is 0 Å². The van der Waals surface area contributed by atoms with E-state index in [1.54, 1.807) is 12.4 Å². The van der Waals surface area contributed by atoms with Crippen molar-refractivity contribution in [2.75, 3.05) is 6.54 Å². The Hall–Kier alpha value is -2.76. The number of nitrogens with zero attached hydrogens (tertiary/aromatic N) is 3. The fourth-order valence-corrected chi connectivity index (χ4v) is 2.99. The van der Waals surface area contributed by atoms with Gasteiger partial charge in [-0.05, 0) is 43.0 Å². The maximum Gasteiger partial charge on any atom is 0.269 e. The highest BCUT2D eigenvalue weighted by atomic mass is 16.6. The number of likely N-dealkylation sites (tertiary alicyclic amines) is 1. The molecule has 1 atom stereocenters. The van der Waals surface area contributed by atoms with E-state index in [-0.39, 0.29) is 17.6 Å². The van der Waals surface area contributed by atoms with E-state index in [1.165, 1.54) is 24.3 Å². The molecule has 1 fully saturated rings. The van der Waals surface area contributed by atoms with Gasteiger partial charge < -0.3 is 4.90 Å². The second kappa shape index (κ2) is 6.56. The fraction of sp³-hybridized carbons (Fsp3) is 0.294. The number of nitro benzene ring substituents is 1.